The molecule has 1 heterocycles. The lowest BCUT2D eigenvalue weighted by atomic mass is 10.3. The van der Waals surface area contributed by atoms with Gasteiger partial charge in [-0.2, -0.15) is 0 Å². The van der Waals surface area contributed by atoms with Crippen LogP contribution < -0.4 is 5.32 Å². The van der Waals surface area contributed by atoms with Crippen LogP contribution in [0.4, 0.5) is 0 Å². The Bertz CT molecular complexity index is 783. The first-order chi connectivity index (χ1) is 11.1. The van der Waals surface area contributed by atoms with Crippen LogP contribution in [0.2, 0.25) is 5.02 Å². The van der Waals surface area contributed by atoms with Gasteiger partial charge < -0.3 is 10.3 Å². The van der Waals surface area contributed by atoms with E-state index in [2.05, 4.69) is 15.3 Å². The minimum Gasteiger partial charge on any atom is -0.346 e. The molecule has 1 aromatic heterocycles. The summed E-state index contributed by atoms with van der Waals surface area (Å²) in [5.74, 6) is 1.08. The van der Waals surface area contributed by atoms with E-state index in [1.807, 2.05) is 55.5 Å². The van der Waals surface area contributed by atoms with Crippen LogP contribution in [0.1, 0.15) is 18.8 Å². The van der Waals surface area contributed by atoms with Crippen molar-refractivity contribution >= 4 is 40.3 Å². The zero-order valence-corrected chi connectivity index (χ0v) is 14.1. The number of nitrogens with zero attached hydrogens (tertiary/aromatic N) is 1. The Morgan fingerprint density at radius 2 is 2.00 bits per heavy atom. The number of benzene rings is 2. The number of thioether (sulfide) groups is 1. The van der Waals surface area contributed by atoms with Gasteiger partial charge in [0.1, 0.15) is 5.82 Å². The molecular weight excluding hydrogens is 330 g/mol. The van der Waals surface area contributed by atoms with E-state index in [0.717, 1.165) is 21.8 Å². The highest BCUT2D eigenvalue weighted by Gasteiger charge is 2.13. The molecular formula is C17H16ClN3OS. The first-order valence-electron chi connectivity index (χ1n) is 7.24. The summed E-state index contributed by atoms with van der Waals surface area (Å²) >= 11 is 7.32. The summed E-state index contributed by atoms with van der Waals surface area (Å²) in [6.45, 7) is 1.92. The Kier molecular flexibility index (Phi) is 4.88. The van der Waals surface area contributed by atoms with Crippen molar-refractivity contribution < 1.29 is 4.79 Å². The number of carbonyl (C=O) groups excluding carboxylic acids is 1. The van der Waals surface area contributed by atoms with Gasteiger partial charge in [-0.15, -0.1) is 11.8 Å². The number of aromatic nitrogens is 2. The van der Waals surface area contributed by atoms with Crippen LogP contribution in [0.25, 0.3) is 11.0 Å². The standard InChI is InChI=1S/C17H16ClN3OS/c1-11(17-20-14-4-2-3-5-15(14)21-17)19-16(22)10-23-13-8-6-12(18)7-9-13/h2-9,11H,10H2,1H3,(H,19,22)(H,20,21). The number of halogens is 1. The predicted octanol–water partition coefficient (Wildman–Crippen LogP) is 4.19. The molecule has 3 rings (SSSR count). The van der Waals surface area contributed by atoms with Gasteiger partial charge >= 0.3 is 0 Å². The van der Waals surface area contributed by atoms with Crippen LogP contribution in [0.3, 0.4) is 0 Å². The number of carbonyl (C=O) groups is 1. The molecule has 118 valence electrons. The maximum absolute atomic E-state index is 12.1. The molecule has 0 spiro atoms. The van der Waals surface area contributed by atoms with Crippen molar-refractivity contribution in [2.45, 2.75) is 17.9 Å². The Balaban J connectivity index is 1.57. The predicted molar refractivity (Wildman–Crippen MR) is 94.8 cm³/mol. The molecule has 0 saturated carbocycles. The number of aromatic amines is 1. The SMILES string of the molecule is CC(NC(=O)CSc1ccc(Cl)cc1)c1nc2ccccc2[nH]1. The molecule has 0 bridgehead atoms. The number of H-pyrrole nitrogens is 1. The zero-order chi connectivity index (χ0) is 16.2. The largest absolute Gasteiger partial charge is 0.346 e. The number of hydrogen-bond acceptors (Lipinski definition) is 3. The van der Waals surface area contributed by atoms with E-state index in [1.165, 1.54) is 11.8 Å². The molecule has 0 aliphatic rings. The average molecular weight is 346 g/mol. The van der Waals surface area contributed by atoms with Crippen molar-refractivity contribution in [3.63, 3.8) is 0 Å². The normalized spacial score (nSPS) is 12.3. The summed E-state index contributed by atoms with van der Waals surface area (Å²) in [6.07, 6.45) is 0. The van der Waals surface area contributed by atoms with Gasteiger partial charge in [-0.3, -0.25) is 4.79 Å². The fraction of sp³-hybridized carbons (Fsp3) is 0.176. The van der Waals surface area contributed by atoms with Crippen LogP contribution in [0, 0.1) is 0 Å². The second kappa shape index (κ2) is 7.06. The van der Waals surface area contributed by atoms with E-state index in [1.54, 1.807) is 0 Å². The molecule has 6 heteroatoms. The van der Waals surface area contributed by atoms with Gasteiger partial charge in [-0.25, -0.2) is 4.98 Å². The third-order valence-corrected chi connectivity index (χ3v) is 4.64. The summed E-state index contributed by atoms with van der Waals surface area (Å²) in [6, 6.07) is 15.1. The first kappa shape index (κ1) is 15.9. The fourth-order valence-electron chi connectivity index (χ4n) is 2.21. The van der Waals surface area contributed by atoms with Gasteiger partial charge in [0.15, 0.2) is 0 Å². The second-order valence-electron chi connectivity index (χ2n) is 5.17. The third kappa shape index (κ3) is 4.06. The first-order valence-corrected chi connectivity index (χ1v) is 8.60. The maximum atomic E-state index is 12.1. The summed E-state index contributed by atoms with van der Waals surface area (Å²) < 4.78 is 0. The molecule has 0 fully saturated rings. The molecule has 1 amide bonds. The number of fused-ring (bicyclic) bond motifs is 1. The lowest BCUT2D eigenvalue weighted by Gasteiger charge is -2.11. The number of imidazole rings is 1. The molecule has 0 radical (unpaired) electrons. The van der Waals surface area contributed by atoms with Crippen LogP contribution >= 0.6 is 23.4 Å². The Morgan fingerprint density at radius 3 is 2.74 bits per heavy atom. The Morgan fingerprint density at radius 1 is 1.26 bits per heavy atom. The number of amides is 1. The van der Waals surface area contributed by atoms with Gasteiger partial charge in [0.05, 0.1) is 22.8 Å². The quantitative estimate of drug-likeness (QED) is 0.682. The second-order valence-corrected chi connectivity index (χ2v) is 6.66. The lowest BCUT2D eigenvalue weighted by molar-refractivity contribution is -0.119. The fourth-order valence-corrected chi connectivity index (χ4v) is 3.04. The Hall–Kier alpha value is -1.98. The average Bonchev–Trinajstić information content (AvgIpc) is 2.98. The molecule has 0 saturated heterocycles. The molecule has 23 heavy (non-hydrogen) atoms. The maximum Gasteiger partial charge on any atom is 0.230 e. The van der Waals surface area contributed by atoms with E-state index in [4.69, 9.17) is 11.6 Å². The number of rotatable bonds is 5. The van der Waals surface area contributed by atoms with E-state index >= 15 is 0 Å². The van der Waals surface area contributed by atoms with Gasteiger partial charge in [-0.1, -0.05) is 23.7 Å². The molecule has 2 N–H and O–H groups in total. The number of nitrogens with one attached hydrogen (secondary N) is 2. The van der Waals surface area contributed by atoms with Crippen molar-refractivity contribution in [2.24, 2.45) is 0 Å². The van der Waals surface area contributed by atoms with Gasteiger partial charge in [0.2, 0.25) is 5.91 Å². The van der Waals surface area contributed by atoms with E-state index in [0.29, 0.717) is 10.8 Å². The van der Waals surface area contributed by atoms with Crippen LogP contribution in [-0.2, 0) is 4.79 Å². The highest BCUT2D eigenvalue weighted by atomic mass is 35.5. The van der Waals surface area contributed by atoms with Crippen LogP contribution in [0.15, 0.2) is 53.4 Å². The molecule has 2 aromatic carbocycles. The van der Waals surface area contributed by atoms with Crippen molar-refractivity contribution in [2.75, 3.05) is 5.75 Å². The topological polar surface area (TPSA) is 57.8 Å². The highest BCUT2D eigenvalue weighted by Crippen LogP contribution is 2.20. The minimum atomic E-state index is -0.166. The molecule has 3 aromatic rings. The molecule has 1 atom stereocenters. The van der Waals surface area contributed by atoms with Crippen molar-refractivity contribution in [3.8, 4) is 0 Å². The minimum absolute atomic E-state index is 0.0297. The summed E-state index contributed by atoms with van der Waals surface area (Å²) in [7, 11) is 0. The molecule has 0 aliphatic heterocycles. The summed E-state index contributed by atoms with van der Waals surface area (Å²) in [4.78, 5) is 20.8. The third-order valence-electron chi connectivity index (χ3n) is 3.38. The van der Waals surface area contributed by atoms with E-state index in [-0.39, 0.29) is 11.9 Å². The smallest absolute Gasteiger partial charge is 0.230 e. The van der Waals surface area contributed by atoms with Crippen molar-refractivity contribution in [1.29, 1.82) is 0 Å². The molecule has 1 unspecified atom stereocenters. The van der Waals surface area contributed by atoms with Gasteiger partial charge in [0, 0.05) is 9.92 Å². The van der Waals surface area contributed by atoms with Crippen LogP contribution in [0.5, 0.6) is 0 Å². The van der Waals surface area contributed by atoms with Crippen molar-refractivity contribution in [3.05, 3.63) is 59.4 Å². The number of hydrogen-bond donors (Lipinski definition) is 2. The Labute approximate surface area is 143 Å². The van der Waals surface area contributed by atoms with Gasteiger partial charge in [-0.05, 0) is 43.3 Å². The van der Waals surface area contributed by atoms with Crippen molar-refractivity contribution in [1.82, 2.24) is 15.3 Å². The summed E-state index contributed by atoms with van der Waals surface area (Å²) in [5, 5.41) is 3.65. The van der Waals surface area contributed by atoms with E-state index in [9.17, 15) is 4.79 Å². The van der Waals surface area contributed by atoms with Crippen LogP contribution in [-0.4, -0.2) is 21.6 Å². The number of para-hydroxylation sites is 2. The molecule has 0 aliphatic carbocycles. The zero-order valence-electron chi connectivity index (χ0n) is 12.5. The monoisotopic (exact) mass is 345 g/mol. The molecule has 4 nitrogen and oxygen atoms in total. The summed E-state index contributed by atoms with van der Waals surface area (Å²) in [5.41, 5.74) is 1.87. The van der Waals surface area contributed by atoms with Gasteiger partial charge in [0.25, 0.3) is 0 Å². The van der Waals surface area contributed by atoms with E-state index < -0.39 is 0 Å². The highest BCUT2D eigenvalue weighted by molar-refractivity contribution is 8.00. The lowest BCUT2D eigenvalue weighted by Crippen LogP contribution is -2.28.